The van der Waals surface area contributed by atoms with Crippen LogP contribution in [0, 0.1) is 0 Å². The minimum Gasteiger partial charge on any atom is -0.0654 e. The maximum absolute atomic E-state index is 2.47. The van der Waals surface area contributed by atoms with E-state index in [0.29, 0.717) is 0 Å². The summed E-state index contributed by atoms with van der Waals surface area (Å²) in [5, 5.41) is 0. The molecule has 0 spiro atoms. The zero-order chi connectivity index (χ0) is 57.7. The van der Waals surface area contributed by atoms with E-state index in [9.17, 15) is 0 Å². The lowest BCUT2D eigenvalue weighted by molar-refractivity contribution is 0.396. The predicted molar refractivity (Wildman–Crippen MR) is 368 cm³/mol. The Morgan fingerprint density at radius 1 is 0.171 bits per heavy atom. The van der Waals surface area contributed by atoms with Crippen LogP contribution in [0.3, 0.4) is 0 Å². The third-order valence-corrected chi connectivity index (χ3v) is 20.2. The van der Waals surface area contributed by atoms with Gasteiger partial charge in [0.05, 0.1) is 0 Å². The fourth-order valence-corrected chi connectivity index (χ4v) is 15.2. The van der Waals surface area contributed by atoms with Gasteiger partial charge in [-0.15, -0.1) is 0 Å². The summed E-state index contributed by atoms with van der Waals surface area (Å²) in [6.07, 6.45) is 73.9. The molecule has 0 radical (unpaired) electrons. The van der Waals surface area contributed by atoms with Crippen molar-refractivity contribution in [1.29, 1.82) is 0 Å². The number of hydrogen-bond acceptors (Lipinski definition) is 0. The average Bonchev–Trinajstić information content (AvgIpc) is 2.25. The van der Waals surface area contributed by atoms with Crippen molar-refractivity contribution in [3.63, 3.8) is 0 Å². The van der Waals surface area contributed by atoms with Crippen LogP contribution >= 0.6 is 0 Å². The van der Waals surface area contributed by atoms with Gasteiger partial charge in [-0.2, -0.15) is 0 Å². The molecule has 2 aliphatic carbocycles. The second kappa shape index (κ2) is 45.2. The second-order valence-corrected chi connectivity index (χ2v) is 26.9. The first-order valence-corrected chi connectivity index (χ1v) is 37.1. The fourth-order valence-electron chi connectivity index (χ4n) is 15.2. The summed E-state index contributed by atoms with van der Waals surface area (Å²) in [5.74, 6) is 0. The Labute approximate surface area is 511 Å². The molecule has 0 unspecified atom stereocenters. The van der Waals surface area contributed by atoms with Gasteiger partial charge in [0.15, 0.2) is 0 Å². The molecule has 0 aromatic heterocycles. The van der Waals surface area contributed by atoms with Crippen LogP contribution in [-0.2, 0) is 10.8 Å². The van der Waals surface area contributed by atoms with Crippen LogP contribution in [0.2, 0.25) is 0 Å². The van der Waals surface area contributed by atoms with Crippen LogP contribution < -0.4 is 0 Å². The van der Waals surface area contributed by atoms with E-state index in [0.717, 1.165) is 0 Å². The van der Waals surface area contributed by atoms with Crippen LogP contribution in [0.5, 0.6) is 0 Å². The van der Waals surface area contributed by atoms with Crippen LogP contribution in [0.1, 0.15) is 384 Å². The summed E-state index contributed by atoms with van der Waals surface area (Å²) >= 11 is 0. The van der Waals surface area contributed by atoms with Crippen molar-refractivity contribution in [2.45, 2.75) is 372 Å². The molecule has 4 aromatic carbocycles. The maximum atomic E-state index is 2.47. The molecule has 0 heterocycles. The minimum absolute atomic E-state index is 0.240. The number of hydrogen-bond donors (Lipinski definition) is 0. The van der Waals surface area contributed by atoms with E-state index >= 15 is 0 Å². The normalized spacial score (nSPS) is 13.4. The summed E-state index contributed by atoms with van der Waals surface area (Å²) in [7, 11) is 0. The molecule has 0 fully saturated rings. The van der Waals surface area contributed by atoms with Crippen LogP contribution in [0.4, 0.5) is 0 Å². The van der Waals surface area contributed by atoms with E-state index in [1.54, 1.807) is 22.3 Å². The standard InChI is InChI=1S/2C41H66/c2*1-3-5-7-9-11-13-15-17-19-21-23-29-35-41(36-30-24-22-20-18-16-14-12-10-8-6-4-2)39-33-27-25-31-37(39)38-32-26-28-34-40(38)41/h2*25-28,31-34H,3-24,29-30,35-36H2,1-2H3. The van der Waals surface area contributed by atoms with Crippen molar-refractivity contribution in [3.8, 4) is 22.3 Å². The number of unbranched alkanes of at least 4 members (excludes halogenated alkanes) is 44. The molecule has 6 rings (SSSR count). The molecule has 460 valence electrons. The van der Waals surface area contributed by atoms with Crippen LogP contribution in [-0.4, -0.2) is 0 Å². The fraction of sp³-hybridized carbons (Fsp3) is 0.707. The topological polar surface area (TPSA) is 0 Å². The molecule has 0 bridgehead atoms. The van der Waals surface area contributed by atoms with Crippen molar-refractivity contribution in [1.82, 2.24) is 0 Å². The van der Waals surface area contributed by atoms with Gasteiger partial charge in [-0.3, -0.25) is 0 Å². The number of benzene rings is 4. The highest BCUT2D eigenvalue weighted by molar-refractivity contribution is 5.82. The zero-order valence-electron chi connectivity index (χ0n) is 55.0. The molecule has 0 atom stereocenters. The summed E-state index contributed by atoms with van der Waals surface area (Å²) in [6, 6.07) is 37.6. The Morgan fingerprint density at radius 3 is 0.463 bits per heavy atom. The van der Waals surface area contributed by atoms with Crippen molar-refractivity contribution in [2.75, 3.05) is 0 Å². The SMILES string of the molecule is CCCCCCCCCCCCCCC1(CCCCCCCCCCCCCC)c2ccccc2-c2ccccc21.CCCCCCCCCCCCCCC1(CCCCCCCCCCCCCC)c2ccccc2-c2ccccc21. The predicted octanol–water partition coefficient (Wildman–Crippen LogP) is 28.3. The molecule has 2 aliphatic rings. The lowest BCUT2D eigenvalue weighted by Crippen LogP contribution is -2.25. The number of fused-ring (bicyclic) bond motifs is 6. The highest BCUT2D eigenvalue weighted by Gasteiger charge is 2.43. The maximum Gasteiger partial charge on any atom is 0.0215 e. The van der Waals surface area contributed by atoms with E-state index in [2.05, 4.69) is 125 Å². The smallest absolute Gasteiger partial charge is 0.0215 e. The van der Waals surface area contributed by atoms with Gasteiger partial charge < -0.3 is 0 Å². The molecule has 0 amide bonds. The van der Waals surface area contributed by atoms with Gasteiger partial charge in [0.1, 0.15) is 0 Å². The minimum atomic E-state index is 0.240. The molecule has 0 nitrogen and oxygen atoms in total. The quantitative estimate of drug-likeness (QED) is 0.0387. The summed E-state index contributed by atoms with van der Waals surface area (Å²) in [5.41, 5.74) is 13.1. The first kappa shape index (κ1) is 69.6. The molecule has 0 saturated heterocycles. The van der Waals surface area contributed by atoms with E-state index in [1.807, 2.05) is 0 Å². The van der Waals surface area contributed by atoms with Crippen molar-refractivity contribution in [2.24, 2.45) is 0 Å². The molecule has 0 aliphatic heterocycles. The first-order valence-electron chi connectivity index (χ1n) is 37.1. The van der Waals surface area contributed by atoms with Crippen LogP contribution in [0.25, 0.3) is 22.3 Å². The van der Waals surface area contributed by atoms with Gasteiger partial charge in [-0.05, 0) is 70.2 Å². The summed E-state index contributed by atoms with van der Waals surface area (Å²) in [6.45, 7) is 9.24. The lowest BCUT2D eigenvalue weighted by atomic mass is 9.70. The highest BCUT2D eigenvalue weighted by Crippen LogP contribution is 2.55. The van der Waals surface area contributed by atoms with Crippen molar-refractivity contribution >= 4 is 0 Å². The van der Waals surface area contributed by atoms with Crippen molar-refractivity contribution < 1.29 is 0 Å². The van der Waals surface area contributed by atoms with E-state index in [4.69, 9.17) is 0 Å². The Morgan fingerprint density at radius 2 is 0.305 bits per heavy atom. The largest absolute Gasteiger partial charge is 0.0654 e. The Kier molecular flexibility index (Phi) is 38.4. The number of rotatable bonds is 52. The van der Waals surface area contributed by atoms with E-state index in [1.165, 1.54) is 356 Å². The Hall–Kier alpha value is -3.12. The average molecular weight is 1120 g/mol. The highest BCUT2D eigenvalue weighted by atomic mass is 14.5. The molecular formula is C82H132. The van der Waals surface area contributed by atoms with Gasteiger partial charge >= 0.3 is 0 Å². The van der Waals surface area contributed by atoms with Gasteiger partial charge in [-0.25, -0.2) is 0 Å². The summed E-state index contributed by atoms with van der Waals surface area (Å²) < 4.78 is 0. The third-order valence-electron chi connectivity index (χ3n) is 20.2. The van der Waals surface area contributed by atoms with Gasteiger partial charge in [0, 0.05) is 10.8 Å². The van der Waals surface area contributed by atoms with Crippen LogP contribution in [0.15, 0.2) is 97.1 Å². The van der Waals surface area contributed by atoms with Gasteiger partial charge in [-0.1, -0.05) is 433 Å². The second-order valence-electron chi connectivity index (χ2n) is 26.9. The van der Waals surface area contributed by atoms with E-state index in [-0.39, 0.29) is 10.8 Å². The third kappa shape index (κ3) is 25.1. The monoisotopic (exact) mass is 1120 g/mol. The molecule has 0 saturated carbocycles. The Balaban J connectivity index is 0.000000301. The van der Waals surface area contributed by atoms with Gasteiger partial charge in [0.2, 0.25) is 0 Å². The molecular weight excluding hydrogens is 985 g/mol. The van der Waals surface area contributed by atoms with E-state index < -0.39 is 0 Å². The first-order chi connectivity index (χ1) is 40.7. The molecule has 82 heavy (non-hydrogen) atoms. The van der Waals surface area contributed by atoms with Gasteiger partial charge in [0.25, 0.3) is 0 Å². The Bertz CT molecular complexity index is 1820. The zero-order valence-corrected chi connectivity index (χ0v) is 55.0. The molecule has 0 heteroatoms. The van der Waals surface area contributed by atoms with Crippen molar-refractivity contribution in [3.05, 3.63) is 119 Å². The summed E-state index contributed by atoms with van der Waals surface area (Å²) in [4.78, 5) is 0. The molecule has 4 aromatic rings. The molecule has 0 N–H and O–H groups in total. The lowest BCUT2D eigenvalue weighted by Gasteiger charge is -2.33.